The number of carbonyl (C=O) groups excluding carboxylic acids is 2. The number of aromatic nitrogens is 3. The summed E-state index contributed by atoms with van der Waals surface area (Å²) in [6.07, 6.45) is 1.38. The van der Waals surface area contributed by atoms with Gasteiger partial charge in [-0.3, -0.25) is 23.9 Å². The molecule has 40 heavy (non-hydrogen) atoms. The Kier molecular flexibility index (Phi) is 7.35. The molecule has 1 saturated carbocycles. The maximum atomic E-state index is 15.0. The second kappa shape index (κ2) is 10.7. The van der Waals surface area contributed by atoms with Crippen molar-refractivity contribution in [3.63, 3.8) is 0 Å². The monoisotopic (exact) mass is 555 g/mol. The van der Waals surface area contributed by atoms with Gasteiger partial charge < -0.3 is 10.2 Å². The van der Waals surface area contributed by atoms with Gasteiger partial charge >= 0.3 is 5.69 Å². The van der Waals surface area contributed by atoms with E-state index in [0.717, 1.165) is 4.57 Å². The normalized spacial score (nSPS) is 19.2. The van der Waals surface area contributed by atoms with E-state index in [1.165, 1.54) is 30.2 Å². The summed E-state index contributed by atoms with van der Waals surface area (Å²) < 4.78 is 42.7. The van der Waals surface area contributed by atoms with Crippen LogP contribution in [0.1, 0.15) is 60.0 Å². The van der Waals surface area contributed by atoms with E-state index < -0.39 is 65.8 Å². The minimum Gasteiger partial charge on any atom is -0.342 e. The summed E-state index contributed by atoms with van der Waals surface area (Å²) in [4.78, 5) is 58.0. The zero-order valence-electron chi connectivity index (χ0n) is 21.7. The third-order valence-electron chi connectivity index (χ3n) is 7.51. The predicted molar refractivity (Wildman–Crippen MR) is 138 cm³/mol. The molecule has 0 radical (unpaired) electrons. The van der Waals surface area contributed by atoms with E-state index in [9.17, 15) is 32.3 Å². The minimum atomic E-state index is -2.80. The Morgan fingerprint density at radius 2 is 1.88 bits per heavy atom. The zero-order chi connectivity index (χ0) is 28.6. The summed E-state index contributed by atoms with van der Waals surface area (Å²) in [7, 11) is 0. The first-order valence-corrected chi connectivity index (χ1v) is 13.0. The van der Waals surface area contributed by atoms with Gasteiger partial charge in [0.15, 0.2) is 0 Å². The molecule has 1 saturated heterocycles. The lowest BCUT2D eigenvalue weighted by Crippen LogP contribution is -2.48. The van der Waals surface area contributed by atoms with Crippen LogP contribution < -0.4 is 16.6 Å². The number of halogens is 3. The van der Waals surface area contributed by atoms with Crippen LogP contribution in [0.3, 0.4) is 0 Å². The highest BCUT2D eigenvalue weighted by Crippen LogP contribution is 2.48. The van der Waals surface area contributed by atoms with Crippen molar-refractivity contribution in [2.45, 2.75) is 63.1 Å². The zero-order valence-corrected chi connectivity index (χ0v) is 21.7. The summed E-state index contributed by atoms with van der Waals surface area (Å²) in [5.74, 6) is -5.21. The fourth-order valence-electron chi connectivity index (χ4n) is 5.33. The molecule has 2 aromatic heterocycles. The van der Waals surface area contributed by atoms with Gasteiger partial charge in [-0.1, -0.05) is 36.4 Å². The van der Waals surface area contributed by atoms with Gasteiger partial charge in [0.2, 0.25) is 23.7 Å². The highest BCUT2D eigenvalue weighted by atomic mass is 19.3. The maximum Gasteiger partial charge on any atom is 0.328 e. The van der Waals surface area contributed by atoms with E-state index in [0.29, 0.717) is 24.9 Å². The number of benzene rings is 1. The van der Waals surface area contributed by atoms with E-state index in [1.54, 1.807) is 30.3 Å². The predicted octanol–water partition coefficient (Wildman–Crippen LogP) is 2.79. The van der Waals surface area contributed by atoms with E-state index in [1.807, 2.05) is 0 Å². The highest BCUT2D eigenvalue weighted by molar-refractivity contribution is 5.88. The first-order chi connectivity index (χ1) is 19.0. The van der Waals surface area contributed by atoms with Gasteiger partial charge in [-0.2, -0.15) is 4.39 Å². The van der Waals surface area contributed by atoms with Gasteiger partial charge in [0.05, 0.1) is 11.7 Å². The van der Waals surface area contributed by atoms with Crippen molar-refractivity contribution < 1.29 is 22.8 Å². The van der Waals surface area contributed by atoms with Crippen molar-refractivity contribution in [3.05, 3.63) is 97.8 Å². The first-order valence-electron chi connectivity index (χ1n) is 13.0. The molecule has 5 rings (SSSR count). The molecular formula is C28H28F3N5O4. The molecule has 2 fully saturated rings. The molecule has 1 aliphatic heterocycles. The minimum absolute atomic E-state index is 0.119. The smallest absolute Gasteiger partial charge is 0.328 e. The summed E-state index contributed by atoms with van der Waals surface area (Å²) in [5.41, 5.74) is -0.0632. The molecule has 12 heteroatoms. The lowest BCUT2D eigenvalue weighted by atomic mass is 9.77. The number of alkyl halides is 2. The maximum absolute atomic E-state index is 15.0. The van der Waals surface area contributed by atoms with Crippen molar-refractivity contribution in [2.24, 2.45) is 0 Å². The molecule has 0 bridgehead atoms. The van der Waals surface area contributed by atoms with Crippen molar-refractivity contribution in [1.29, 1.82) is 0 Å². The number of hydrogen-bond donors (Lipinski definition) is 2. The van der Waals surface area contributed by atoms with Crippen LogP contribution in [-0.4, -0.2) is 49.8 Å². The Morgan fingerprint density at radius 3 is 2.55 bits per heavy atom. The van der Waals surface area contributed by atoms with E-state index in [4.69, 9.17) is 0 Å². The number of pyridine rings is 1. The third-order valence-corrected chi connectivity index (χ3v) is 7.51. The van der Waals surface area contributed by atoms with E-state index >= 15 is 0 Å². The molecule has 0 unspecified atom stereocenters. The Labute approximate surface area is 227 Å². The lowest BCUT2D eigenvalue weighted by molar-refractivity contribution is -0.139. The van der Waals surface area contributed by atoms with Crippen molar-refractivity contribution in [2.75, 3.05) is 6.54 Å². The van der Waals surface area contributed by atoms with Gasteiger partial charge in [0.25, 0.3) is 5.56 Å². The quantitative estimate of drug-likeness (QED) is 0.435. The molecule has 2 amide bonds. The Hall–Kier alpha value is -4.22. The second-order valence-corrected chi connectivity index (χ2v) is 10.4. The second-order valence-electron chi connectivity index (χ2n) is 10.4. The summed E-state index contributed by atoms with van der Waals surface area (Å²) in [6.45, 7) is 1.47. The van der Waals surface area contributed by atoms with Crippen LogP contribution in [0.2, 0.25) is 0 Å². The van der Waals surface area contributed by atoms with Crippen LogP contribution in [0.4, 0.5) is 13.2 Å². The fourth-order valence-corrected chi connectivity index (χ4v) is 5.33. The number of aryl methyl sites for hydroxylation is 1. The molecule has 0 spiro atoms. The van der Waals surface area contributed by atoms with E-state index in [2.05, 4.69) is 15.3 Å². The van der Waals surface area contributed by atoms with Crippen LogP contribution >= 0.6 is 0 Å². The number of nitrogens with one attached hydrogen (secondary N) is 2. The molecule has 1 aliphatic carbocycles. The number of carbonyl (C=O) groups is 2. The Balaban J connectivity index is 1.36. The molecule has 210 valence electrons. The summed E-state index contributed by atoms with van der Waals surface area (Å²) >= 11 is 0. The van der Waals surface area contributed by atoms with Crippen LogP contribution in [0.25, 0.3) is 0 Å². The number of rotatable bonds is 7. The van der Waals surface area contributed by atoms with Crippen molar-refractivity contribution in [1.82, 2.24) is 24.8 Å². The van der Waals surface area contributed by atoms with Crippen LogP contribution in [-0.2, 0) is 16.1 Å². The van der Waals surface area contributed by atoms with Crippen LogP contribution in [0.5, 0.6) is 0 Å². The average Bonchev–Trinajstić information content (AvgIpc) is 3.40. The van der Waals surface area contributed by atoms with Crippen LogP contribution in [0, 0.1) is 12.9 Å². The fraction of sp³-hybridized carbons (Fsp3) is 0.393. The summed E-state index contributed by atoms with van der Waals surface area (Å²) in [5, 5.41) is 2.89. The van der Waals surface area contributed by atoms with Gasteiger partial charge in [-0.25, -0.2) is 18.6 Å². The summed E-state index contributed by atoms with van der Waals surface area (Å²) in [6, 6.07) is 10.1. The number of aromatic amines is 1. The van der Waals surface area contributed by atoms with Gasteiger partial charge in [-0.15, -0.1) is 0 Å². The molecule has 2 atom stereocenters. The molecule has 3 heterocycles. The molecule has 1 aromatic carbocycles. The van der Waals surface area contributed by atoms with Crippen molar-refractivity contribution in [3.8, 4) is 0 Å². The average molecular weight is 556 g/mol. The molecule has 2 N–H and O–H groups in total. The highest BCUT2D eigenvalue weighted by Gasteiger charge is 2.47. The topological polar surface area (TPSA) is 117 Å². The molecular weight excluding hydrogens is 527 g/mol. The molecule has 2 aliphatic rings. The third kappa shape index (κ3) is 5.56. The standard InChI is InChI=1S/C28H28F3N5O4/c1-16-14-35(27(40)34-25(16)38)15-22(37)36-11-5-8-21(36)26(39)33-23(17-6-3-2-4-7-17)20-10-9-19(24(29)32-20)18-12-28(30,31)13-18/h2-4,6-7,9-10,14,18,21,23H,5,8,11-13,15H2,1H3,(H,33,39)(H,34,38,40)/t21-,23-/m0/s1. The Morgan fingerprint density at radius 1 is 1.15 bits per heavy atom. The number of H-pyrrole nitrogens is 1. The molecule has 3 aromatic rings. The van der Waals surface area contributed by atoms with Gasteiger partial charge in [0, 0.05) is 36.7 Å². The first kappa shape index (κ1) is 27.4. The van der Waals surface area contributed by atoms with Crippen molar-refractivity contribution >= 4 is 11.8 Å². The number of hydrogen-bond acceptors (Lipinski definition) is 5. The Bertz CT molecular complexity index is 1550. The molecule has 9 nitrogen and oxygen atoms in total. The number of likely N-dealkylation sites (tertiary alicyclic amines) is 1. The van der Waals surface area contributed by atoms with E-state index in [-0.39, 0.29) is 23.4 Å². The SMILES string of the molecule is Cc1cn(CC(=O)N2CCC[C@H]2C(=O)N[C@@H](c2ccccc2)c2ccc(C3CC(F)(F)C3)c(F)n2)c(=O)[nH]c1=O. The number of amides is 2. The number of nitrogens with zero attached hydrogens (tertiary/aromatic N) is 3. The van der Waals surface area contributed by atoms with Gasteiger partial charge in [0.1, 0.15) is 12.6 Å². The lowest BCUT2D eigenvalue weighted by Gasteiger charge is -2.35. The van der Waals surface area contributed by atoms with Gasteiger partial charge in [-0.05, 0) is 37.3 Å². The van der Waals surface area contributed by atoms with Crippen LogP contribution in [0.15, 0.2) is 58.3 Å². The largest absolute Gasteiger partial charge is 0.342 e.